The first-order valence-corrected chi connectivity index (χ1v) is 11.4. The Morgan fingerprint density at radius 3 is 2.53 bits per heavy atom. The number of fused-ring (bicyclic) bond motifs is 2. The van der Waals surface area contributed by atoms with Crippen LogP contribution in [0, 0.1) is 35.2 Å². The molecule has 0 bridgehead atoms. The molecule has 1 nitrogen and oxygen atoms in total. The molecule has 0 aliphatic heterocycles. The van der Waals surface area contributed by atoms with Crippen molar-refractivity contribution in [3.63, 3.8) is 0 Å². The molecule has 0 amide bonds. The zero-order valence-corrected chi connectivity index (χ0v) is 17.7. The third-order valence-corrected chi connectivity index (χ3v) is 7.28. The van der Waals surface area contributed by atoms with E-state index in [0.717, 1.165) is 31.6 Å². The first-order valence-electron chi connectivity index (χ1n) is 11.4. The van der Waals surface area contributed by atoms with Crippen molar-refractivity contribution in [2.45, 2.75) is 64.2 Å². The van der Waals surface area contributed by atoms with E-state index >= 15 is 8.78 Å². The van der Waals surface area contributed by atoms with Crippen LogP contribution in [0.4, 0.5) is 13.2 Å². The number of ether oxygens (including phenoxy) is 1. The van der Waals surface area contributed by atoms with E-state index in [-0.39, 0.29) is 34.6 Å². The van der Waals surface area contributed by atoms with Gasteiger partial charge in [0.25, 0.3) is 0 Å². The predicted octanol–water partition coefficient (Wildman–Crippen LogP) is 7.92. The van der Waals surface area contributed by atoms with E-state index in [2.05, 4.69) is 13.5 Å². The van der Waals surface area contributed by atoms with Crippen LogP contribution in [0.3, 0.4) is 0 Å². The van der Waals surface area contributed by atoms with E-state index in [9.17, 15) is 4.39 Å². The molecule has 4 atom stereocenters. The maximum Gasteiger partial charge on any atom is 0.140 e. The average Bonchev–Trinajstić information content (AvgIpc) is 2.72. The highest BCUT2D eigenvalue weighted by molar-refractivity contribution is 5.86. The van der Waals surface area contributed by atoms with Gasteiger partial charge in [0.1, 0.15) is 29.8 Å². The molecular formula is C26H31F3O. The van der Waals surface area contributed by atoms with Crippen molar-refractivity contribution in [3.8, 4) is 5.75 Å². The van der Waals surface area contributed by atoms with E-state index in [4.69, 9.17) is 4.74 Å². The summed E-state index contributed by atoms with van der Waals surface area (Å²) in [4.78, 5) is 0. The average molecular weight is 417 g/mol. The Bertz CT molecular complexity index is 922. The molecule has 30 heavy (non-hydrogen) atoms. The van der Waals surface area contributed by atoms with Gasteiger partial charge in [-0.2, -0.15) is 0 Å². The number of hydrogen-bond donors (Lipinski definition) is 0. The second kappa shape index (κ2) is 9.03. The lowest BCUT2D eigenvalue weighted by Crippen LogP contribution is -2.31. The first kappa shape index (κ1) is 21.3. The molecule has 0 N–H and O–H groups in total. The van der Waals surface area contributed by atoms with E-state index in [1.807, 2.05) is 0 Å². The van der Waals surface area contributed by atoms with Crippen LogP contribution in [-0.2, 0) is 0 Å². The Morgan fingerprint density at radius 2 is 1.77 bits per heavy atom. The van der Waals surface area contributed by atoms with Crippen LogP contribution in [0.2, 0.25) is 0 Å². The summed E-state index contributed by atoms with van der Waals surface area (Å²) < 4.78 is 50.5. The standard InChI is InChI=1S/C26H31F3O/c1-3-5-16-6-7-18-12-19(9-8-17(18)11-16)24-22(27)14-20-13-21(30-10-4-2)15-23(28)25(20)26(24)29/h4,13-19H,2-3,5-12H2,1H3. The molecule has 4 unspecified atom stereocenters. The summed E-state index contributed by atoms with van der Waals surface area (Å²) in [5.41, 5.74) is 0.0790. The molecule has 0 spiro atoms. The molecular weight excluding hydrogens is 385 g/mol. The monoisotopic (exact) mass is 416 g/mol. The molecule has 2 saturated carbocycles. The zero-order valence-electron chi connectivity index (χ0n) is 17.7. The van der Waals surface area contributed by atoms with Crippen LogP contribution >= 0.6 is 0 Å². The van der Waals surface area contributed by atoms with Gasteiger partial charge in [0, 0.05) is 11.6 Å². The van der Waals surface area contributed by atoms with E-state index in [1.165, 1.54) is 43.9 Å². The number of rotatable bonds is 6. The minimum absolute atomic E-state index is 0.0790. The van der Waals surface area contributed by atoms with Crippen molar-refractivity contribution in [1.82, 2.24) is 0 Å². The first-order chi connectivity index (χ1) is 14.5. The van der Waals surface area contributed by atoms with Gasteiger partial charge in [-0.25, -0.2) is 13.2 Å². The highest BCUT2D eigenvalue weighted by Gasteiger charge is 2.37. The smallest absolute Gasteiger partial charge is 0.140 e. The SMILES string of the molecule is C=CCOc1cc(F)c2c(F)c(C3CCC4CC(CCC)CCC4C3)c(F)cc2c1. The van der Waals surface area contributed by atoms with Crippen molar-refractivity contribution >= 4 is 10.8 Å². The van der Waals surface area contributed by atoms with E-state index in [0.29, 0.717) is 11.8 Å². The van der Waals surface area contributed by atoms with Crippen LogP contribution in [0.1, 0.15) is 69.8 Å². The van der Waals surface area contributed by atoms with Crippen molar-refractivity contribution in [1.29, 1.82) is 0 Å². The topological polar surface area (TPSA) is 9.23 Å². The van der Waals surface area contributed by atoms with Crippen LogP contribution in [0.5, 0.6) is 5.75 Å². The second-order valence-electron chi connectivity index (χ2n) is 9.19. The Labute approximate surface area is 177 Å². The Morgan fingerprint density at radius 1 is 1.00 bits per heavy atom. The lowest BCUT2D eigenvalue weighted by atomic mass is 9.63. The van der Waals surface area contributed by atoms with Crippen LogP contribution in [-0.4, -0.2) is 6.61 Å². The molecule has 162 valence electrons. The van der Waals surface area contributed by atoms with Crippen molar-refractivity contribution < 1.29 is 17.9 Å². The summed E-state index contributed by atoms with van der Waals surface area (Å²) in [6, 6.07) is 3.92. The van der Waals surface area contributed by atoms with Crippen LogP contribution < -0.4 is 4.74 Å². The van der Waals surface area contributed by atoms with Gasteiger partial charge in [-0.1, -0.05) is 38.8 Å². The van der Waals surface area contributed by atoms with Crippen LogP contribution in [0.25, 0.3) is 10.8 Å². The summed E-state index contributed by atoms with van der Waals surface area (Å²) in [7, 11) is 0. The van der Waals surface area contributed by atoms with Gasteiger partial charge in [0.05, 0.1) is 5.39 Å². The fourth-order valence-corrected chi connectivity index (χ4v) is 5.93. The van der Waals surface area contributed by atoms with Crippen LogP contribution in [0.15, 0.2) is 30.9 Å². The van der Waals surface area contributed by atoms with Crippen molar-refractivity contribution in [2.75, 3.05) is 6.61 Å². The molecule has 2 aliphatic carbocycles. The number of benzene rings is 2. The quantitative estimate of drug-likeness (QED) is 0.435. The fraction of sp³-hybridized carbons (Fsp3) is 0.538. The third-order valence-electron chi connectivity index (χ3n) is 7.28. The molecule has 0 saturated heterocycles. The van der Waals surface area contributed by atoms with E-state index < -0.39 is 17.5 Å². The molecule has 2 fully saturated rings. The maximum atomic E-state index is 15.4. The van der Waals surface area contributed by atoms with Gasteiger partial charge in [0.2, 0.25) is 0 Å². The van der Waals surface area contributed by atoms with Gasteiger partial charge in [-0.05, 0) is 73.3 Å². The molecule has 0 heterocycles. The maximum absolute atomic E-state index is 15.4. The molecule has 4 rings (SSSR count). The normalized spacial score (nSPS) is 26.4. The Hall–Kier alpha value is -1.97. The van der Waals surface area contributed by atoms with Gasteiger partial charge in [-0.15, -0.1) is 0 Å². The van der Waals surface area contributed by atoms with Gasteiger partial charge in [-0.3, -0.25) is 0 Å². The Balaban J connectivity index is 1.60. The van der Waals surface area contributed by atoms with Gasteiger partial charge >= 0.3 is 0 Å². The lowest BCUT2D eigenvalue weighted by molar-refractivity contribution is 0.112. The molecule has 0 aromatic heterocycles. The summed E-state index contributed by atoms with van der Waals surface area (Å²) >= 11 is 0. The van der Waals surface area contributed by atoms with Gasteiger partial charge < -0.3 is 4.74 Å². The number of halogens is 3. The fourth-order valence-electron chi connectivity index (χ4n) is 5.93. The predicted molar refractivity (Wildman–Crippen MR) is 115 cm³/mol. The highest BCUT2D eigenvalue weighted by Crippen LogP contribution is 2.49. The zero-order chi connectivity index (χ0) is 21.3. The highest BCUT2D eigenvalue weighted by atomic mass is 19.1. The second-order valence-corrected chi connectivity index (χ2v) is 9.19. The summed E-state index contributed by atoms with van der Waals surface area (Å²) in [5.74, 6) is 0.0902. The molecule has 0 radical (unpaired) electrons. The molecule has 2 aromatic rings. The largest absolute Gasteiger partial charge is 0.489 e. The summed E-state index contributed by atoms with van der Waals surface area (Å²) in [6.07, 6.45) is 10.3. The molecule has 2 aromatic carbocycles. The molecule has 2 aliphatic rings. The minimum Gasteiger partial charge on any atom is -0.489 e. The number of hydrogen-bond acceptors (Lipinski definition) is 1. The molecule has 4 heteroatoms. The minimum atomic E-state index is -0.735. The Kier molecular flexibility index (Phi) is 6.40. The van der Waals surface area contributed by atoms with E-state index in [1.54, 1.807) is 6.08 Å². The summed E-state index contributed by atoms with van der Waals surface area (Å²) in [6.45, 7) is 6.00. The van der Waals surface area contributed by atoms with Crippen molar-refractivity contribution in [2.24, 2.45) is 17.8 Å². The lowest BCUT2D eigenvalue weighted by Gasteiger charge is -2.42. The third kappa shape index (κ3) is 4.10. The van der Waals surface area contributed by atoms with Crippen molar-refractivity contribution in [3.05, 3.63) is 53.9 Å². The van der Waals surface area contributed by atoms with Gasteiger partial charge in [0.15, 0.2) is 0 Å². The summed E-state index contributed by atoms with van der Waals surface area (Å²) in [5, 5.41) is 0.0627.